The maximum Gasteiger partial charge on any atom is 0.274 e. The Kier molecular flexibility index (Phi) is 6.73. The van der Waals surface area contributed by atoms with Crippen LogP contribution in [-0.2, 0) is 6.54 Å². The monoisotopic (exact) mass is 446 g/mol. The zero-order valence-corrected chi connectivity index (χ0v) is 17.8. The van der Waals surface area contributed by atoms with Crippen LogP contribution < -0.4 is 9.64 Å². The van der Waals surface area contributed by atoms with Crippen LogP contribution in [0.15, 0.2) is 18.2 Å². The Bertz CT molecular complexity index is 866. The van der Waals surface area contributed by atoms with Gasteiger partial charge in [0.15, 0.2) is 5.69 Å². The van der Waals surface area contributed by atoms with Gasteiger partial charge in [-0.2, -0.15) is 5.10 Å². The lowest BCUT2D eigenvalue weighted by atomic mass is 10.2. The number of anilines is 1. The van der Waals surface area contributed by atoms with E-state index in [2.05, 4.69) is 10.00 Å². The highest BCUT2D eigenvalue weighted by Gasteiger charge is 2.25. The van der Waals surface area contributed by atoms with Gasteiger partial charge in [0, 0.05) is 37.9 Å². The van der Waals surface area contributed by atoms with Crippen LogP contribution in [0.25, 0.3) is 0 Å². The summed E-state index contributed by atoms with van der Waals surface area (Å²) in [7, 11) is 1.59. The van der Waals surface area contributed by atoms with Crippen LogP contribution in [-0.4, -0.2) is 64.5 Å². The fourth-order valence-electron chi connectivity index (χ4n) is 3.22. The molecule has 0 radical (unpaired) electrons. The number of halogens is 3. The Labute approximate surface area is 178 Å². The topological polar surface area (TPSA) is 70.8 Å². The number of nitrogens with zero attached hydrogens (tertiary/aromatic N) is 4. The van der Waals surface area contributed by atoms with Crippen LogP contribution >= 0.6 is 34.8 Å². The van der Waals surface area contributed by atoms with E-state index in [1.807, 2.05) is 23.1 Å². The summed E-state index contributed by atoms with van der Waals surface area (Å²) >= 11 is 17.7. The summed E-state index contributed by atoms with van der Waals surface area (Å²) in [5.74, 6) is 0.636. The van der Waals surface area contributed by atoms with E-state index in [0.29, 0.717) is 29.6 Å². The number of carbonyl (C=O) groups excluding carboxylic acids is 1. The number of aliphatic hydroxyl groups excluding tert-OH is 1. The van der Waals surface area contributed by atoms with Gasteiger partial charge in [-0.15, -0.1) is 0 Å². The second-order valence-electron chi connectivity index (χ2n) is 6.53. The average molecular weight is 448 g/mol. The van der Waals surface area contributed by atoms with E-state index in [1.165, 1.54) is 4.68 Å². The zero-order chi connectivity index (χ0) is 20.4. The van der Waals surface area contributed by atoms with Crippen molar-refractivity contribution in [3.8, 4) is 5.75 Å². The molecule has 0 amide bonds. The molecule has 10 heteroatoms. The van der Waals surface area contributed by atoms with E-state index in [1.54, 1.807) is 14.0 Å². The molecule has 152 valence electrons. The smallest absolute Gasteiger partial charge is 0.274 e. The second-order valence-corrected chi connectivity index (χ2v) is 7.65. The Morgan fingerprint density at radius 3 is 2.54 bits per heavy atom. The molecule has 0 saturated carbocycles. The minimum absolute atomic E-state index is 0.00883. The quantitative estimate of drug-likeness (QED) is 0.687. The number of piperazine rings is 1. The molecule has 1 aromatic heterocycles. The molecule has 1 unspecified atom stereocenters. The number of ether oxygens (including phenoxy) is 1. The molecule has 1 N–H and O–H groups in total. The lowest BCUT2D eigenvalue weighted by Crippen LogP contribution is -2.51. The average Bonchev–Trinajstić information content (AvgIpc) is 2.97. The van der Waals surface area contributed by atoms with E-state index in [-0.39, 0.29) is 17.3 Å². The van der Waals surface area contributed by atoms with Crippen LogP contribution in [0.4, 0.5) is 5.69 Å². The van der Waals surface area contributed by atoms with Crippen LogP contribution in [0.2, 0.25) is 10.0 Å². The molecule has 28 heavy (non-hydrogen) atoms. The van der Waals surface area contributed by atoms with Crippen LogP contribution in [0.3, 0.4) is 0 Å². The van der Waals surface area contributed by atoms with Gasteiger partial charge < -0.3 is 14.7 Å². The first-order valence-electron chi connectivity index (χ1n) is 8.75. The third-order valence-corrected chi connectivity index (χ3v) is 5.84. The molecule has 1 atom stereocenters. The Morgan fingerprint density at radius 1 is 1.29 bits per heavy atom. The first-order valence-corrected chi connectivity index (χ1v) is 9.88. The van der Waals surface area contributed by atoms with Gasteiger partial charge in [-0.25, -0.2) is 0 Å². The molecule has 0 bridgehead atoms. The van der Waals surface area contributed by atoms with Gasteiger partial charge in [0.2, 0.25) is 0 Å². The van der Waals surface area contributed by atoms with Gasteiger partial charge in [0.1, 0.15) is 12.0 Å². The lowest BCUT2D eigenvalue weighted by Gasteiger charge is -2.38. The molecule has 7 nitrogen and oxygen atoms in total. The Morgan fingerprint density at radius 2 is 1.96 bits per heavy atom. The number of aromatic nitrogens is 2. The van der Waals surface area contributed by atoms with Crippen LogP contribution in [0, 0.1) is 6.92 Å². The van der Waals surface area contributed by atoms with Crippen LogP contribution in [0.1, 0.15) is 16.2 Å². The number of carbonyl (C=O) groups is 1. The maximum atomic E-state index is 11.4. The minimum atomic E-state index is -0.755. The van der Waals surface area contributed by atoms with Crippen molar-refractivity contribution in [2.24, 2.45) is 0 Å². The molecular weight excluding hydrogens is 427 g/mol. The first kappa shape index (κ1) is 21.2. The standard InChI is InChI=1S/C18H21Cl3N4O3/c1-11-16(20)17(18(21)27)22-25(11)10-15(26)24-7-5-23(6-8-24)12-3-4-13(19)14(9-12)28-2/h3-4,9,15,26H,5-8,10H2,1-2H3. The third-order valence-electron chi connectivity index (χ3n) is 4.89. The summed E-state index contributed by atoms with van der Waals surface area (Å²) in [5, 5.41) is 14.8. The second kappa shape index (κ2) is 8.88. The number of hydrogen-bond acceptors (Lipinski definition) is 6. The summed E-state index contributed by atoms with van der Waals surface area (Å²) < 4.78 is 6.79. The summed E-state index contributed by atoms with van der Waals surface area (Å²) in [6.07, 6.45) is -0.755. The highest BCUT2D eigenvalue weighted by Crippen LogP contribution is 2.30. The molecule has 0 aliphatic carbocycles. The molecule has 1 aliphatic rings. The van der Waals surface area contributed by atoms with E-state index < -0.39 is 11.5 Å². The van der Waals surface area contributed by atoms with E-state index >= 15 is 0 Å². The molecular formula is C18H21Cl3N4O3. The normalized spacial score (nSPS) is 16.3. The predicted octanol–water partition coefficient (Wildman–Crippen LogP) is 3.03. The van der Waals surface area contributed by atoms with E-state index in [9.17, 15) is 9.90 Å². The summed E-state index contributed by atoms with van der Waals surface area (Å²) in [5.41, 5.74) is 1.63. The number of aliphatic hydroxyl groups is 1. The molecule has 2 heterocycles. The zero-order valence-electron chi connectivity index (χ0n) is 15.5. The van der Waals surface area contributed by atoms with Crippen LogP contribution in [0.5, 0.6) is 5.75 Å². The maximum absolute atomic E-state index is 11.4. The molecule has 2 aromatic rings. The van der Waals surface area contributed by atoms with Crippen molar-refractivity contribution in [3.63, 3.8) is 0 Å². The number of benzene rings is 1. The molecule has 1 fully saturated rings. The van der Waals surface area contributed by atoms with Crippen molar-refractivity contribution in [1.29, 1.82) is 0 Å². The molecule has 1 aliphatic heterocycles. The minimum Gasteiger partial charge on any atom is -0.495 e. The largest absolute Gasteiger partial charge is 0.495 e. The molecule has 1 saturated heterocycles. The highest BCUT2D eigenvalue weighted by atomic mass is 35.5. The van der Waals surface area contributed by atoms with Gasteiger partial charge >= 0.3 is 0 Å². The van der Waals surface area contributed by atoms with Crippen molar-refractivity contribution in [1.82, 2.24) is 14.7 Å². The Balaban J connectivity index is 1.62. The van der Waals surface area contributed by atoms with Gasteiger partial charge in [0.25, 0.3) is 5.24 Å². The van der Waals surface area contributed by atoms with Crippen molar-refractivity contribution in [3.05, 3.63) is 39.6 Å². The van der Waals surface area contributed by atoms with Crippen molar-refractivity contribution >= 4 is 45.7 Å². The fraction of sp³-hybridized carbons (Fsp3) is 0.444. The van der Waals surface area contributed by atoms with Gasteiger partial charge in [-0.3, -0.25) is 14.4 Å². The third kappa shape index (κ3) is 4.39. The summed E-state index contributed by atoms with van der Waals surface area (Å²) in [4.78, 5) is 15.5. The first-order chi connectivity index (χ1) is 13.3. The number of methoxy groups -OCH3 is 1. The van der Waals surface area contributed by atoms with Gasteiger partial charge in [-0.05, 0) is 30.7 Å². The van der Waals surface area contributed by atoms with Crippen molar-refractivity contribution < 1.29 is 14.6 Å². The fourth-order valence-corrected chi connectivity index (χ4v) is 3.82. The predicted molar refractivity (Wildman–Crippen MR) is 110 cm³/mol. The highest BCUT2D eigenvalue weighted by molar-refractivity contribution is 6.68. The molecule has 0 spiro atoms. The SMILES string of the molecule is COc1cc(N2CCN(C(O)Cn3nc(C(=O)Cl)c(Cl)c3C)CC2)ccc1Cl. The Hall–Kier alpha value is -1.51. The van der Waals surface area contributed by atoms with Crippen molar-refractivity contribution in [2.45, 2.75) is 19.7 Å². The molecule has 3 rings (SSSR count). The number of hydrogen-bond donors (Lipinski definition) is 1. The summed E-state index contributed by atoms with van der Waals surface area (Å²) in [6.45, 7) is 4.75. The van der Waals surface area contributed by atoms with E-state index in [0.717, 1.165) is 18.8 Å². The van der Waals surface area contributed by atoms with Gasteiger partial charge in [-0.1, -0.05) is 23.2 Å². The van der Waals surface area contributed by atoms with Crippen molar-refractivity contribution in [2.75, 3.05) is 38.2 Å². The lowest BCUT2D eigenvalue weighted by molar-refractivity contribution is -0.0143. The van der Waals surface area contributed by atoms with Gasteiger partial charge in [0.05, 0.1) is 29.4 Å². The summed E-state index contributed by atoms with van der Waals surface area (Å²) in [6, 6.07) is 5.68. The van der Waals surface area contributed by atoms with E-state index in [4.69, 9.17) is 39.5 Å². The molecule has 1 aromatic carbocycles. The number of rotatable bonds is 6.